The van der Waals surface area contributed by atoms with Crippen LogP contribution in [0.1, 0.15) is 11.1 Å². The highest BCUT2D eigenvalue weighted by Crippen LogP contribution is 2.14. The van der Waals surface area contributed by atoms with Crippen molar-refractivity contribution in [3.05, 3.63) is 65.5 Å². The van der Waals surface area contributed by atoms with Gasteiger partial charge in [-0.1, -0.05) is 24.3 Å². The van der Waals surface area contributed by atoms with E-state index in [0.29, 0.717) is 16.8 Å². The number of halogens is 1. The van der Waals surface area contributed by atoms with Crippen molar-refractivity contribution < 1.29 is 9.18 Å². The fraction of sp³-hybridized carbons (Fsp3) is 0.0667. The number of nitrogens with one attached hydrogen (secondary N) is 1. The third kappa shape index (κ3) is 3.39. The van der Waals surface area contributed by atoms with Crippen molar-refractivity contribution in [2.45, 2.75) is 6.42 Å². The molecule has 0 aliphatic carbocycles. The summed E-state index contributed by atoms with van der Waals surface area (Å²) in [6, 6.07) is 14.6. The lowest BCUT2D eigenvalue weighted by molar-refractivity contribution is -0.115. The summed E-state index contributed by atoms with van der Waals surface area (Å²) >= 11 is 0. The minimum atomic E-state index is -0.372. The number of amides is 1. The van der Waals surface area contributed by atoms with Crippen LogP contribution in [0.25, 0.3) is 0 Å². The summed E-state index contributed by atoms with van der Waals surface area (Å²) in [6.07, 6.45) is 0.0670. The number of para-hydroxylation sites is 1. The van der Waals surface area contributed by atoms with Gasteiger partial charge < -0.3 is 5.32 Å². The molecule has 0 radical (unpaired) electrons. The lowest BCUT2D eigenvalue weighted by Gasteiger charge is -2.06. The molecule has 1 N–H and O–H groups in total. The molecule has 0 atom stereocenters. The molecule has 0 fully saturated rings. The topological polar surface area (TPSA) is 52.9 Å². The SMILES string of the molecule is N#Cc1ccccc1NC(=O)Cc1cccc(F)c1. The lowest BCUT2D eigenvalue weighted by Crippen LogP contribution is -2.15. The fourth-order valence-electron chi connectivity index (χ4n) is 1.72. The maximum absolute atomic E-state index is 13.0. The number of nitriles is 1. The molecule has 0 spiro atoms. The summed E-state index contributed by atoms with van der Waals surface area (Å²) in [7, 11) is 0. The molecule has 4 heteroatoms. The minimum absolute atomic E-state index is 0.0670. The predicted octanol–water partition coefficient (Wildman–Crippen LogP) is 2.88. The second-order valence-corrected chi connectivity index (χ2v) is 4.01. The maximum atomic E-state index is 13.0. The first-order valence-electron chi connectivity index (χ1n) is 5.72. The van der Waals surface area contributed by atoms with Crippen molar-refractivity contribution in [2.24, 2.45) is 0 Å². The third-order valence-electron chi connectivity index (χ3n) is 2.58. The van der Waals surface area contributed by atoms with Crippen LogP contribution in [0.4, 0.5) is 10.1 Å². The molecular weight excluding hydrogens is 243 g/mol. The van der Waals surface area contributed by atoms with E-state index in [2.05, 4.69) is 5.32 Å². The van der Waals surface area contributed by atoms with Crippen molar-refractivity contribution in [2.75, 3.05) is 5.32 Å². The van der Waals surface area contributed by atoms with Gasteiger partial charge in [-0.3, -0.25) is 4.79 Å². The maximum Gasteiger partial charge on any atom is 0.228 e. The first-order valence-corrected chi connectivity index (χ1v) is 5.72. The molecular formula is C15H11FN2O. The Morgan fingerprint density at radius 3 is 2.74 bits per heavy atom. The molecule has 0 saturated heterocycles. The van der Waals surface area contributed by atoms with E-state index in [1.54, 1.807) is 36.4 Å². The van der Waals surface area contributed by atoms with E-state index in [0.717, 1.165) is 0 Å². The second-order valence-electron chi connectivity index (χ2n) is 4.01. The van der Waals surface area contributed by atoms with E-state index in [4.69, 9.17) is 5.26 Å². The Morgan fingerprint density at radius 2 is 2.00 bits per heavy atom. The summed E-state index contributed by atoms with van der Waals surface area (Å²) in [4.78, 5) is 11.8. The molecule has 2 aromatic carbocycles. The predicted molar refractivity (Wildman–Crippen MR) is 69.9 cm³/mol. The number of carbonyl (C=O) groups excluding carboxylic acids is 1. The number of hydrogen-bond donors (Lipinski definition) is 1. The Kier molecular flexibility index (Phi) is 3.89. The second kappa shape index (κ2) is 5.78. The number of benzene rings is 2. The van der Waals surface area contributed by atoms with Crippen molar-refractivity contribution in [1.29, 1.82) is 5.26 Å². The van der Waals surface area contributed by atoms with Gasteiger partial charge in [0.1, 0.15) is 11.9 Å². The van der Waals surface area contributed by atoms with E-state index in [1.165, 1.54) is 12.1 Å². The highest BCUT2D eigenvalue weighted by molar-refractivity contribution is 5.93. The Labute approximate surface area is 110 Å². The van der Waals surface area contributed by atoms with Crippen LogP contribution in [-0.4, -0.2) is 5.91 Å². The highest BCUT2D eigenvalue weighted by atomic mass is 19.1. The molecule has 1 amide bonds. The van der Waals surface area contributed by atoms with Crippen molar-refractivity contribution >= 4 is 11.6 Å². The lowest BCUT2D eigenvalue weighted by atomic mass is 10.1. The number of rotatable bonds is 3. The van der Waals surface area contributed by atoms with E-state index in [-0.39, 0.29) is 18.1 Å². The summed E-state index contributed by atoms with van der Waals surface area (Å²) in [5.41, 5.74) is 1.45. The molecule has 0 unspecified atom stereocenters. The Morgan fingerprint density at radius 1 is 1.21 bits per heavy atom. The zero-order valence-corrected chi connectivity index (χ0v) is 10.1. The zero-order valence-electron chi connectivity index (χ0n) is 10.1. The number of anilines is 1. The summed E-state index contributed by atoms with van der Waals surface area (Å²) in [5.74, 6) is -0.656. The molecule has 94 valence electrons. The normalized spacial score (nSPS) is 9.68. The summed E-state index contributed by atoms with van der Waals surface area (Å²) in [5, 5.41) is 11.6. The Bertz CT molecular complexity index is 647. The number of carbonyl (C=O) groups is 1. The molecule has 0 aliphatic heterocycles. The zero-order chi connectivity index (χ0) is 13.7. The van der Waals surface area contributed by atoms with Crippen LogP contribution >= 0.6 is 0 Å². The van der Waals surface area contributed by atoms with Crippen molar-refractivity contribution in [3.8, 4) is 6.07 Å². The van der Waals surface area contributed by atoms with Gasteiger partial charge in [-0.25, -0.2) is 4.39 Å². The number of hydrogen-bond acceptors (Lipinski definition) is 2. The molecule has 2 aromatic rings. The van der Waals surface area contributed by atoms with E-state index in [9.17, 15) is 9.18 Å². The fourth-order valence-corrected chi connectivity index (χ4v) is 1.72. The van der Waals surface area contributed by atoms with Gasteiger partial charge in [0.05, 0.1) is 17.7 Å². The average molecular weight is 254 g/mol. The molecule has 2 rings (SSSR count). The molecule has 0 aliphatic rings. The van der Waals surface area contributed by atoms with Crippen LogP contribution in [0.3, 0.4) is 0 Å². The molecule has 0 bridgehead atoms. The van der Waals surface area contributed by atoms with Crippen molar-refractivity contribution in [1.82, 2.24) is 0 Å². The van der Waals surface area contributed by atoms with E-state index >= 15 is 0 Å². The van der Waals surface area contributed by atoms with E-state index < -0.39 is 0 Å². The molecule has 0 heterocycles. The van der Waals surface area contributed by atoms with Crippen LogP contribution in [0.2, 0.25) is 0 Å². The van der Waals surface area contributed by atoms with Crippen LogP contribution in [-0.2, 0) is 11.2 Å². The van der Waals surface area contributed by atoms with Crippen LogP contribution in [0.15, 0.2) is 48.5 Å². The third-order valence-corrected chi connectivity index (χ3v) is 2.58. The smallest absolute Gasteiger partial charge is 0.228 e. The molecule has 0 aromatic heterocycles. The van der Waals surface area contributed by atoms with Crippen LogP contribution < -0.4 is 5.32 Å². The summed E-state index contributed by atoms with van der Waals surface area (Å²) in [6.45, 7) is 0. The van der Waals surface area contributed by atoms with Gasteiger partial charge in [0.15, 0.2) is 0 Å². The van der Waals surface area contributed by atoms with Gasteiger partial charge in [-0.05, 0) is 29.8 Å². The first-order chi connectivity index (χ1) is 9.19. The highest BCUT2D eigenvalue weighted by Gasteiger charge is 2.07. The monoisotopic (exact) mass is 254 g/mol. The van der Waals surface area contributed by atoms with Gasteiger partial charge in [-0.15, -0.1) is 0 Å². The van der Waals surface area contributed by atoms with Crippen LogP contribution in [0, 0.1) is 17.1 Å². The van der Waals surface area contributed by atoms with Gasteiger partial charge in [0.25, 0.3) is 0 Å². The van der Waals surface area contributed by atoms with Crippen LogP contribution in [0.5, 0.6) is 0 Å². The molecule has 0 saturated carbocycles. The van der Waals surface area contributed by atoms with E-state index in [1.807, 2.05) is 6.07 Å². The minimum Gasteiger partial charge on any atom is -0.325 e. The molecule has 3 nitrogen and oxygen atoms in total. The largest absolute Gasteiger partial charge is 0.325 e. The van der Waals surface area contributed by atoms with Crippen molar-refractivity contribution in [3.63, 3.8) is 0 Å². The van der Waals surface area contributed by atoms with Gasteiger partial charge in [-0.2, -0.15) is 5.26 Å². The quantitative estimate of drug-likeness (QED) is 0.915. The van der Waals surface area contributed by atoms with Gasteiger partial charge >= 0.3 is 0 Å². The summed E-state index contributed by atoms with van der Waals surface area (Å²) < 4.78 is 13.0. The average Bonchev–Trinajstić information content (AvgIpc) is 2.39. The number of nitrogens with zero attached hydrogens (tertiary/aromatic N) is 1. The first kappa shape index (κ1) is 12.8. The van der Waals surface area contributed by atoms with Gasteiger partial charge in [0, 0.05) is 0 Å². The van der Waals surface area contributed by atoms with Gasteiger partial charge in [0.2, 0.25) is 5.91 Å². The Hall–Kier alpha value is -2.67. The standard InChI is InChI=1S/C15H11FN2O/c16-13-6-3-4-11(8-13)9-15(19)18-14-7-2-1-5-12(14)10-17/h1-8H,9H2,(H,18,19). The molecule has 19 heavy (non-hydrogen) atoms. The Balaban J connectivity index is 2.08.